The summed E-state index contributed by atoms with van der Waals surface area (Å²) < 4.78 is 0. The van der Waals surface area contributed by atoms with Crippen LogP contribution in [0.1, 0.15) is 46.5 Å². The van der Waals surface area contributed by atoms with Crippen LogP contribution in [0.25, 0.3) is 5.70 Å². The molecule has 0 aliphatic carbocycles. The highest BCUT2D eigenvalue weighted by Gasteiger charge is 2.19. The lowest BCUT2D eigenvalue weighted by Crippen LogP contribution is -2.37. The number of nitrogens with one attached hydrogen (secondary N) is 1. The summed E-state index contributed by atoms with van der Waals surface area (Å²) in [5.41, 5.74) is 5.72. The van der Waals surface area contributed by atoms with Crippen LogP contribution in [-0.2, 0) is 6.42 Å². The summed E-state index contributed by atoms with van der Waals surface area (Å²) in [7, 11) is 0. The van der Waals surface area contributed by atoms with Crippen LogP contribution in [0, 0.1) is 6.92 Å². The van der Waals surface area contributed by atoms with E-state index in [0.29, 0.717) is 18.5 Å². The summed E-state index contributed by atoms with van der Waals surface area (Å²) in [5, 5.41) is 11.4. The molecule has 2 aromatic rings. The van der Waals surface area contributed by atoms with E-state index in [1.165, 1.54) is 0 Å². The van der Waals surface area contributed by atoms with E-state index in [4.69, 9.17) is 0 Å². The Morgan fingerprint density at radius 2 is 2.11 bits per heavy atom. The maximum absolute atomic E-state index is 12.6. The number of hydrogen-bond acceptors (Lipinski definition) is 4. The molecule has 1 heterocycles. The van der Waals surface area contributed by atoms with Gasteiger partial charge in [-0.2, -0.15) is 10.2 Å². The maximum Gasteiger partial charge on any atom is 0.253 e. The van der Waals surface area contributed by atoms with Gasteiger partial charge in [0.1, 0.15) is 6.17 Å². The second-order valence-corrected chi connectivity index (χ2v) is 6.43. The fourth-order valence-corrected chi connectivity index (χ4v) is 3.07. The first kappa shape index (κ1) is 18.7. The number of aryl methyl sites for hydroxylation is 1. The fourth-order valence-electron chi connectivity index (χ4n) is 3.07. The molecule has 138 valence electrons. The number of benzene rings is 2. The number of allylic oxidation sites excluding steroid dienone is 1. The smallest absolute Gasteiger partial charge is 0.253 e. The van der Waals surface area contributed by atoms with Crippen LogP contribution in [0.5, 0.6) is 0 Å². The zero-order chi connectivity index (χ0) is 19.2. The van der Waals surface area contributed by atoms with Crippen molar-refractivity contribution >= 4 is 17.8 Å². The fraction of sp³-hybridized carbons (Fsp3) is 0.273. The van der Waals surface area contributed by atoms with Crippen molar-refractivity contribution in [2.75, 3.05) is 6.54 Å². The third-order valence-electron chi connectivity index (χ3n) is 4.53. The van der Waals surface area contributed by atoms with Gasteiger partial charge in [-0.3, -0.25) is 9.79 Å². The van der Waals surface area contributed by atoms with Crippen LogP contribution in [0.4, 0.5) is 0 Å². The van der Waals surface area contributed by atoms with E-state index in [2.05, 4.69) is 26.6 Å². The highest BCUT2D eigenvalue weighted by atomic mass is 16.1. The molecule has 1 amide bonds. The van der Waals surface area contributed by atoms with E-state index < -0.39 is 0 Å². The number of azo groups is 1. The van der Waals surface area contributed by atoms with Crippen molar-refractivity contribution in [3.05, 3.63) is 76.4 Å². The van der Waals surface area contributed by atoms with Crippen molar-refractivity contribution in [2.24, 2.45) is 15.2 Å². The Labute approximate surface area is 159 Å². The molecule has 5 heteroatoms. The SMILES string of the molecule is C/C=C(\N=N/CC)c1ccc2c(c1)CC(NC(=O)c1ccccc1C)N=C2. The highest BCUT2D eigenvalue weighted by molar-refractivity contribution is 5.96. The summed E-state index contributed by atoms with van der Waals surface area (Å²) in [5.74, 6) is -0.0965. The third kappa shape index (κ3) is 4.37. The summed E-state index contributed by atoms with van der Waals surface area (Å²) in [6.07, 6.45) is 4.16. The minimum atomic E-state index is -0.272. The number of aliphatic imine (C=N–C) groups is 1. The number of hydrogen-bond donors (Lipinski definition) is 1. The Morgan fingerprint density at radius 1 is 1.30 bits per heavy atom. The monoisotopic (exact) mass is 360 g/mol. The summed E-state index contributed by atoms with van der Waals surface area (Å²) in [6, 6.07) is 13.7. The van der Waals surface area contributed by atoms with E-state index >= 15 is 0 Å². The van der Waals surface area contributed by atoms with Gasteiger partial charge in [0.25, 0.3) is 5.91 Å². The van der Waals surface area contributed by atoms with Gasteiger partial charge in [0.2, 0.25) is 0 Å². The molecular weight excluding hydrogens is 336 g/mol. The van der Waals surface area contributed by atoms with Gasteiger partial charge in [-0.1, -0.05) is 36.4 Å². The molecule has 0 saturated heterocycles. The molecule has 0 radical (unpaired) electrons. The normalized spacial score (nSPS) is 16.4. The molecule has 27 heavy (non-hydrogen) atoms. The summed E-state index contributed by atoms with van der Waals surface area (Å²) in [4.78, 5) is 17.1. The lowest BCUT2D eigenvalue weighted by Gasteiger charge is -2.21. The predicted molar refractivity (Wildman–Crippen MR) is 109 cm³/mol. The first-order valence-corrected chi connectivity index (χ1v) is 9.19. The van der Waals surface area contributed by atoms with Crippen LogP contribution in [0.15, 0.2) is 63.8 Å². The number of carbonyl (C=O) groups is 1. The molecule has 0 fully saturated rings. The molecule has 1 N–H and O–H groups in total. The van der Waals surface area contributed by atoms with Gasteiger partial charge in [0.05, 0.1) is 12.2 Å². The van der Waals surface area contributed by atoms with Gasteiger partial charge in [-0.15, -0.1) is 0 Å². The summed E-state index contributed by atoms with van der Waals surface area (Å²) in [6.45, 7) is 6.50. The topological polar surface area (TPSA) is 66.2 Å². The Morgan fingerprint density at radius 3 is 2.85 bits per heavy atom. The molecule has 0 saturated carbocycles. The number of carbonyl (C=O) groups excluding carboxylic acids is 1. The average Bonchev–Trinajstić information content (AvgIpc) is 2.68. The molecule has 5 nitrogen and oxygen atoms in total. The maximum atomic E-state index is 12.6. The average molecular weight is 360 g/mol. The minimum absolute atomic E-state index is 0.0965. The van der Waals surface area contributed by atoms with E-state index in [1.54, 1.807) is 0 Å². The first-order chi connectivity index (χ1) is 13.1. The number of amides is 1. The van der Waals surface area contributed by atoms with Crippen LogP contribution >= 0.6 is 0 Å². The van der Waals surface area contributed by atoms with Crippen LogP contribution in [0.2, 0.25) is 0 Å². The molecule has 3 rings (SSSR count). The highest BCUT2D eigenvalue weighted by Crippen LogP contribution is 2.23. The second kappa shape index (κ2) is 8.54. The molecule has 2 aromatic carbocycles. The zero-order valence-corrected chi connectivity index (χ0v) is 15.9. The van der Waals surface area contributed by atoms with Crippen LogP contribution < -0.4 is 5.32 Å². The Balaban J connectivity index is 1.77. The van der Waals surface area contributed by atoms with E-state index in [0.717, 1.165) is 28.0 Å². The van der Waals surface area contributed by atoms with Crippen molar-refractivity contribution in [1.29, 1.82) is 0 Å². The Hall–Kier alpha value is -3.08. The molecule has 1 aliphatic rings. The van der Waals surface area contributed by atoms with Crippen LogP contribution in [-0.4, -0.2) is 24.8 Å². The van der Waals surface area contributed by atoms with E-state index in [1.807, 2.05) is 69.5 Å². The lowest BCUT2D eigenvalue weighted by atomic mass is 9.97. The lowest BCUT2D eigenvalue weighted by molar-refractivity contribution is 0.0937. The molecule has 0 aromatic heterocycles. The van der Waals surface area contributed by atoms with Gasteiger partial charge in [0.15, 0.2) is 0 Å². The molecule has 0 spiro atoms. The van der Waals surface area contributed by atoms with E-state index in [9.17, 15) is 4.79 Å². The third-order valence-corrected chi connectivity index (χ3v) is 4.53. The largest absolute Gasteiger partial charge is 0.330 e. The standard InChI is InChI=1S/C22H24N4O/c1-4-20(26-24-5-2)16-10-11-17-14-23-21(13-18(17)12-16)25-22(27)19-9-7-6-8-15(19)3/h4,6-12,14,21H,5,13H2,1-3H3,(H,25,27)/b20-4-,26-24-. The molecule has 0 bridgehead atoms. The molecule has 1 atom stereocenters. The van der Waals surface area contributed by atoms with Crippen LogP contribution in [0.3, 0.4) is 0 Å². The number of rotatable bonds is 5. The first-order valence-electron chi connectivity index (χ1n) is 9.19. The summed E-state index contributed by atoms with van der Waals surface area (Å²) >= 11 is 0. The Kier molecular flexibility index (Phi) is 5.91. The minimum Gasteiger partial charge on any atom is -0.330 e. The quantitative estimate of drug-likeness (QED) is 0.781. The Bertz CT molecular complexity index is 928. The van der Waals surface area contributed by atoms with Gasteiger partial charge in [-0.25, -0.2) is 0 Å². The van der Waals surface area contributed by atoms with Crippen molar-refractivity contribution in [1.82, 2.24) is 5.32 Å². The van der Waals surface area contributed by atoms with Crippen molar-refractivity contribution < 1.29 is 4.79 Å². The van der Waals surface area contributed by atoms with Gasteiger partial charge in [0, 0.05) is 23.8 Å². The number of nitrogens with zero attached hydrogens (tertiary/aromatic N) is 3. The van der Waals surface area contributed by atoms with E-state index in [-0.39, 0.29) is 12.1 Å². The van der Waals surface area contributed by atoms with Crippen molar-refractivity contribution in [3.63, 3.8) is 0 Å². The van der Waals surface area contributed by atoms with Crippen molar-refractivity contribution in [2.45, 2.75) is 33.4 Å². The molecule has 1 aliphatic heterocycles. The van der Waals surface area contributed by atoms with Crippen molar-refractivity contribution in [3.8, 4) is 0 Å². The predicted octanol–water partition coefficient (Wildman–Crippen LogP) is 4.56. The molecule has 1 unspecified atom stereocenters. The zero-order valence-electron chi connectivity index (χ0n) is 15.9. The second-order valence-electron chi connectivity index (χ2n) is 6.43. The molecular formula is C22H24N4O. The number of fused-ring (bicyclic) bond motifs is 1. The van der Waals surface area contributed by atoms with Gasteiger partial charge < -0.3 is 5.32 Å². The van der Waals surface area contributed by atoms with Gasteiger partial charge in [-0.05, 0) is 49.6 Å². The van der Waals surface area contributed by atoms with Gasteiger partial charge >= 0.3 is 0 Å².